The van der Waals surface area contributed by atoms with Crippen molar-refractivity contribution in [2.75, 3.05) is 26.7 Å². The zero-order chi connectivity index (χ0) is 10.7. The maximum absolute atomic E-state index is 9.81. The molecule has 0 spiro atoms. The molecule has 1 fully saturated rings. The van der Waals surface area contributed by atoms with E-state index in [0.717, 1.165) is 26.1 Å². The molecule has 0 radical (unpaired) electrons. The van der Waals surface area contributed by atoms with E-state index in [1.807, 2.05) is 6.92 Å². The van der Waals surface area contributed by atoms with E-state index >= 15 is 0 Å². The highest BCUT2D eigenvalue weighted by Crippen LogP contribution is 2.15. The van der Waals surface area contributed by atoms with E-state index in [4.69, 9.17) is 0 Å². The fourth-order valence-corrected chi connectivity index (χ4v) is 2.32. The predicted octanol–water partition coefficient (Wildman–Crippen LogP) is 0.782. The number of hydrogen-bond acceptors (Lipinski definition) is 3. The third kappa shape index (κ3) is 2.69. The van der Waals surface area contributed by atoms with Crippen LogP contribution < -0.4 is 0 Å². The van der Waals surface area contributed by atoms with Crippen molar-refractivity contribution < 1.29 is 5.11 Å². The summed E-state index contributed by atoms with van der Waals surface area (Å²) in [5.41, 5.74) is 0. The summed E-state index contributed by atoms with van der Waals surface area (Å²) in [6.07, 6.45) is 0.668. The molecule has 0 saturated carbocycles. The lowest BCUT2D eigenvalue weighted by molar-refractivity contribution is 0.00177. The lowest BCUT2D eigenvalue weighted by Crippen LogP contribution is -2.56. The van der Waals surface area contributed by atoms with Crippen LogP contribution in [-0.2, 0) is 0 Å². The van der Waals surface area contributed by atoms with Gasteiger partial charge in [-0.2, -0.15) is 0 Å². The van der Waals surface area contributed by atoms with E-state index in [9.17, 15) is 5.11 Å². The van der Waals surface area contributed by atoms with Crippen LogP contribution in [0.4, 0.5) is 0 Å². The van der Waals surface area contributed by atoms with Crippen molar-refractivity contribution in [3.05, 3.63) is 0 Å². The minimum atomic E-state index is -0.180. The Balaban J connectivity index is 2.51. The van der Waals surface area contributed by atoms with E-state index < -0.39 is 0 Å². The molecule has 3 atom stereocenters. The molecule has 3 unspecified atom stereocenters. The molecule has 1 heterocycles. The summed E-state index contributed by atoms with van der Waals surface area (Å²) in [7, 11) is 2.16. The van der Waals surface area contributed by atoms with Crippen LogP contribution in [-0.4, -0.2) is 59.8 Å². The largest absolute Gasteiger partial charge is 0.392 e. The van der Waals surface area contributed by atoms with Crippen LogP contribution in [0.2, 0.25) is 0 Å². The molecule has 1 N–H and O–H groups in total. The second-order valence-electron chi connectivity index (χ2n) is 4.57. The van der Waals surface area contributed by atoms with Crippen LogP contribution in [0.1, 0.15) is 27.2 Å². The Labute approximate surface area is 87.7 Å². The average Bonchev–Trinajstić information content (AvgIpc) is 2.15. The summed E-state index contributed by atoms with van der Waals surface area (Å²) in [5, 5.41) is 9.81. The second kappa shape index (κ2) is 5.10. The first-order valence-corrected chi connectivity index (χ1v) is 5.68. The van der Waals surface area contributed by atoms with Gasteiger partial charge in [-0.25, -0.2) is 0 Å². The highest BCUT2D eigenvalue weighted by molar-refractivity contribution is 4.84. The molecule has 0 aliphatic carbocycles. The summed E-state index contributed by atoms with van der Waals surface area (Å²) in [4.78, 5) is 4.78. The summed E-state index contributed by atoms with van der Waals surface area (Å²) in [5.74, 6) is 0. The Morgan fingerprint density at radius 3 is 2.57 bits per heavy atom. The van der Waals surface area contributed by atoms with Crippen LogP contribution in [0.3, 0.4) is 0 Å². The van der Waals surface area contributed by atoms with E-state index in [1.165, 1.54) is 0 Å². The van der Waals surface area contributed by atoms with Crippen LogP contribution in [0.15, 0.2) is 0 Å². The quantitative estimate of drug-likeness (QED) is 0.729. The van der Waals surface area contributed by atoms with Crippen molar-refractivity contribution >= 4 is 0 Å². The van der Waals surface area contributed by atoms with E-state index in [-0.39, 0.29) is 6.10 Å². The Morgan fingerprint density at radius 2 is 2.07 bits per heavy atom. The molecule has 3 nitrogen and oxygen atoms in total. The molecule has 0 aromatic carbocycles. The molecule has 1 aliphatic heterocycles. The van der Waals surface area contributed by atoms with Gasteiger partial charge in [0.1, 0.15) is 0 Å². The molecular weight excluding hydrogens is 176 g/mol. The topological polar surface area (TPSA) is 26.7 Å². The molecule has 14 heavy (non-hydrogen) atoms. The first kappa shape index (κ1) is 12.0. The lowest BCUT2D eigenvalue weighted by atomic mass is 10.0. The summed E-state index contributed by atoms with van der Waals surface area (Å²) in [6, 6.07) is 0.855. The van der Waals surface area contributed by atoms with Gasteiger partial charge in [0.05, 0.1) is 6.10 Å². The zero-order valence-electron chi connectivity index (χ0n) is 9.90. The van der Waals surface area contributed by atoms with Gasteiger partial charge >= 0.3 is 0 Å². The Kier molecular flexibility index (Phi) is 4.35. The number of aliphatic hydroxyl groups is 1. The third-order valence-corrected chi connectivity index (χ3v) is 3.38. The standard InChI is InChI=1S/C11H24N2O/c1-5-11(14)10(3)13-7-6-12(4)8-9(13)2/h9-11,14H,5-8H2,1-4H3. The van der Waals surface area contributed by atoms with E-state index in [0.29, 0.717) is 12.1 Å². The van der Waals surface area contributed by atoms with Crippen molar-refractivity contribution in [2.45, 2.75) is 45.4 Å². The number of hydrogen-bond donors (Lipinski definition) is 1. The first-order valence-electron chi connectivity index (χ1n) is 5.68. The Hall–Kier alpha value is -0.120. The Morgan fingerprint density at radius 1 is 1.43 bits per heavy atom. The maximum atomic E-state index is 9.81. The third-order valence-electron chi connectivity index (χ3n) is 3.38. The van der Waals surface area contributed by atoms with Crippen LogP contribution in [0, 0.1) is 0 Å². The molecule has 0 aromatic rings. The van der Waals surface area contributed by atoms with Crippen molar-refractivity contribution in [1.29, 1.82) is 0 Å². The first-order chi connectivity index (χ1) is 6.56. The van der Waals surface area contributed by atoms with Crippen molar-refractivity contribution in [1.82, 2.24) is 9.80 Å². The molecule has 1 saturated heterocycles. The summed E-state index contributed by atoms with van der Waals surface area (Å²) >= 11 is 0. The zero-order valence-corrected chi connectivity index (χ0v) is 9.90. The van der Waals surface area contributed by atoms with Gasteiger partial charge in [0, 0.05) is 31.7 Å². The number of likely N-dealkylation sites (N-methyl/N-ethyl adjacent to an activating group) is 1. The van der Waals surface area contributed by atoms with Gasteiger partial charge in [-0.15, -0.1) is 0 Å². The van der Waals surface area contributed by atoms with E-state index in [1.54, 1.807) is 0 Å². The molecule has 1 rings (SSSR count). The smallest absolute Gasteiger partial charge is 0.0690 e. The Bertz CT molecular complexity index is 175. The molecule has 1 aliphatic rings. The molecular formula is C11H24N2O. The van der Waals surface area contributed by atoms with Crippen LogP contribution in [0.5, 0.6) is 0 Å². The van der Waals surface area contributed by atoms with Gasteiger partial charge in [0.25, 0.3) is 0 Å². The highest BCUT2D eigenvalue weighted by Gasteiger charge is 2.28. The highest BCUT2D eigenvalue weighted by atomic mass is 16.3. The normalized spacial score (nSPS) is 30.2. The second-order valence-corrected chi connectivity index (χ2v) is 4.57. The molecule has 0 aromatic heterocycles. The number of rotatable bonds is 3. The van der Waals surface area contributed by atoms with Crippen molar-refractivity contribution in [3.63, 3.8) is 0 Å². The van der Waals surface area contributed by atoms with Crippen molar-refractivity contribution in [3.8, 4) is 0 Å². The average molecular weight is 200 g/mol. The van der Waals surface area contributed by atoms with Gasteiger partial charge in [-0.3, -0.25) is 4.90 Å². The lowest BCUT2D eigenvalue weighted by Gasteiger charge is -2.43. The summed E-state index contributed by atoms with van der Waals surface area (Å²) < 4.78 is 0. The van der Waals surface area contributed by atoms with Crippen LogP contribution >= 0.6 is 0 Å². The minimum Gasteiger partial charge on any atom is -0.392 e. The van der Waals surface area contributed by atoms with Gasteiger partial charge in [0.15, 0.2) is 0 Å². The number of piperazine rings is 1. The minimum absolute atomic E-state index is 0.180. The van der Waals surface area contributed by atoms with Gasteiger partial charge in [-0.1, -0.05) is 6.92 Å². The van der Waals surface area contributed by atoms with Crippen LogP contribution in [0.25, 0.3) is 0 Å². The van der Waals surface area contributed by atoms with Gasteiger partial charge in [-0.05, 0) is 27.3 Å². The summed E-state index contributed by atoms with van der Waals surface area (Å²) in [6.45, 7) is 9.73. The molecule has 0 amide bonds. The number of nitrogens with zero attached hydrogens (tertiary/aromatic N) is 2. The molecule has 84 valence electrons. The van der Waals surface area contributed by atoms with Gasteiger partial charge < -0.3 is 10.0 Å². The fourth-order valence-electron chi connectivity index (χ4n) is 2.32. The maximum Gasteiger partial charge on any atom is 0.0690 e. The molecule has 0 bridgehead atoms. The van der Waals surface area contributed by atoms with Crippen molar-refractivity contribution in [2.24, 2.45) is 0 Å². The predicted molar refractivity (Wildman–Crippen MR) is 59.4 cm³/mol. The monoisotopic (exact) mass is 200 g/mol. The molecule has 3 heteroatoms. The SMILES string of the molecule is CCC(O)C(C)N1CCN(C)CC1C. The van der Waals surface area contributed by atoms with E-state index in [2.05, 4.69) is 30.7 Å². The fraction of sp³-hybridized carbons (Fsp3) is 1.00. The number of aliphatic hydroxyl groups excluding tert-OH is 1. The van der Waals surface area contributed by atoms with Gasteiger partial charge in [0.2, 0.25) is 0 Å².